The smallest absolute Gasteiger partial charge is 0.240 e. The molecule has 1 amide bonds. The summed E-state index contributed by atoms with van der Waals surface area (Å²) in [4.78, 5) is 13.7. The number of rotatable bonds is 2. The van der Waals surface area contributed by atoms with Gasteiger partial charge in [-0.15, -0.1) is 0 Å². The Bertz CT molecular complexity index is 449. The van der Waals surface area contributed by atoms with E-state index < -0.39 is 0 Å². The summed E-state index contributed by atoms with van der Waals surface area (Å²) in [6, 6.07) is 9.75. The Morgan fingerprint density at radius 2 is 2.12 bits per heavy atom. The van der Waals surface area contributed by atoms with E-state index in [1.54, 1.807) is 4.90 Å². The van der Waals surface area contributed by atoms with Crippen molar-refractivity contribution in [3.63, 3.8) is 0 Å². The lowest BCUT2D eigenvalue weighted by Gasteiger charge is -2.29. The summed E-state index contributed by atoms with van der Waals surface area (Å²) < 4.78 is 0. The van der Waals surface area contributed by atoms with Crippen LogP contribution in [0.3, 0.4) is 0 Å². The van der Waals surface area contributed by atoms with Crippen LogP contribution in [0.4, 0.5) is 5.69 Å². The Labute approximate surface area is 109 Å². The number of nitriles is 1. The third-order valence-electron chi connectivity index (χ3n) is 2.90. The quantitative estimate of drug-likeness (QED) is 0.787. The van der Waals surface area contributed by atoms with Gasteiger partial charge in [-0.05, 0) is 30.5 Å². The number of benzene rings is 1. The number of carbonyl (C=O) groups excluding carboxylic acids is 1. The molecular formula is C13H13BrN2O. The van der Waals surface area contributed by atoms with Crippen molar-refractivity contribution < 1.29 is 4.79 Å². The minimum Gasteiger partial charge on any atom is -0.311 e. The first kappa shape index (κ1) is 12.1. The van der Waals surface area contributed by atoms with Gasteiger partial charge in [-0.1, -0.05) is 28.1 Å². The summed E-state index contributed by atoms with van der Waals surface area (Å²) in [5.74, 6) is 0.129. The molecule has 0 aliphatic carbocycles. The number of hydrogen-bond acceptors (Lipinski definition) is 2. The summed E-state index contributed by atoms with van der Waals surface area (Å²) in [6.45, 7) is 0.776. The monoisotopic (exact) mass is 292 g/mol. The van der Waals surface area contributed by atoms with Gasteiger partial charge in [0.15, 0.2) is 0 Å². The number of anilines is 1. The van der Waals surface area contributed by atoms with E-state index >= 15 is 0 Å². The van der Waals surface area contributed by atoms with Crippen LogP contribution in [0.2, 0.25) is 0 Å². The van der Waals surface area contributed by atoms with Gasteiger partial charge in [0.2, 0.25) is 5.91 Å². The lowest BCUT2D eigenvalue weighted by molar-refractivity contribution is -0.118. The summed E-state index contributed by atoms with van der Waals surface area (Å²) in [5.41, 5.74) is 1.90. The average Bonchev–Trinajstić information content (AvgIpc) is 2.34. The first-order chi connectivity index (χ1) is 8.22. The van der Waals surface area contributed by atoms with Crippen molar-refractivity contribution in [3.05, 3.63) is 29.8 Å². The second-order valence-corrected chi connectivity index (χ2v) is 5.21. The largest absolute Gasteiger partial charge is 0.311 e. The first-order valence-corrected chi connectivity index (χ1v) is 6.55. The fraction of sp³-hybridized carbons (Fsp3) is 0.385. The Morgan fingerprint density at radius 1 is 1.41 bits per heavy atom. The summed E-state index contributed by atoms with van der Waals surface area (Å²) in [7, 11) is 0. The molecule has 88 valence electrons. The highest BCUT2D eigenvalue weighted by atomic mass is 79.9. The SMILES string of the molecule is N#CCc1ccc(N2CCCC(Br)C2=O)cc1. The molecule has 1 heterocycles. The van der Waals surface area contributed by atoms with E-state index in [1.165, 1.54) is 0 Å². The van der Waals surface area contributed by atoms with E-state index in [4.69, 9.17) is 5.26 Å². The molecular weight excluding hydrogens is 280 g/mol. The number of nitrogens with zero attached hydrogens (tertiary/aromatic N) is 2. The summed E-state index contributed by atoms with van der Waals surface area (Å²) >= 11 is 3.40. The maximum atomic E-state index is 12.0. The van der Waals surface area contributed by atoms with Crippen LogP contribution in [0, 0.1) is 11.3 Å². The van der Waals surface area contributed by atoms with Crippen LogP contribution >= 0.6 is 15.9 Å². The van der Waals surface area contributed by atoms with Gasteiger partial charge >= 0.3 is 0 Å². The topological polar surface area (TPSA) is 44.1 Å². The second-order valence-electron chi connectivity index (χ2n) is 4.10. The zero-order valence-corrected chi connectivity index (χ0v) is 11.0. The minimum absolute atomic E-state index is 0.0602. The number of halogens is 1. The summed E-state index contributed by atoms with van der Waals surface area (Å²) in [5, 5.41) is 8.59. The van der Waals surface area contributed by atoms with Gasteiger partial charge in [0.05, 0.1) is 17.3 Å². The van der Waals surface area contributed by atoms with E-state index in [2.05, 4.69) is 22.0 Å². The Kier molecular flexibility index (Phi) is 3.80. The highest BCUT2D eigenvalue weighted by molar-refractivity contribution is 9.10. The molecule has 0 bridgehead atoms. The van der Waals surface area contributed by atoms with Crippen LogP contribution in [-0.2, 0) is 11.2 Å². The van der Waals surface area contributed by atoms with E-state index in [-0.39, 0.29) is 10.7 Å². The third kappa shape index (κ3) is 2.67. The molecule has 0 saturated carbocycles. The van der Waals surface area contributed by atoms with E-state index in [0.29, 0.717) is 6.42 Å². The van der Waals surface area contributed by atoms with Crippen molar-refractivity contribution in [2.24, 2.45) is 0 Å². The van der Waals surface area contributed by atoms with Crippen molar-refractivity contribution in [1.82, 2.24) is 0 Å². The Morgan fingerprint density at radius 3 is 2.76 bits per heavy atom. The molecule has 1 aliphatic rings. The van der Waals surface area contributed by atoms with Crippen LogP contribution in [0.5, 0.6) is 0 Å². The van der Waals surface area contributed by atoms with Gasteiger partial charge in [-0.2, -0.15) is 5.26 Å². The van der Waals surface area contributed by atoms with Crippen LogP contribution in [0.1, 0.15) is 18.4 Å². The molecule has 1 aromatic rings. The predicted molar refractivity (Wildman–Crippen MR) is 70.1 cm³/mol. The van der Waals surface area contributed by atoms with Crippen molar-refractivity contribution in [2.45, 2.75) is 24.1 Å². The molecule has 1 saturated heterocycles. The highest BCUT2D eigenvalue weighted by Crippen LogP contribution is 2.24. The fourth-order valence-electron chi connectivity index (χ4n) is 1.97. The van der Waals surface area contributed by atoms with Gasteiger partial charge in [0.25, 0.3) is 0 Å². The van der Waals surface area contributed by atoms with Crippen LogP contribution in [0.15, 0.2) is 24.3 Å². The third-order valence-corrected chi connectivity index (χ3v) is 3.75. The number of carbonyl (C=O) groups is 1. The molecule has 0 spiro atoms. The lowest BCUT2D eigenvalue weighted by Crippen LogP contribution is -2.41. The van der Waals surface area contributed by atoms with Crippen molar-refractivity contribution >= 4 is 27.5 Å². The predicted octanol–water partition coefficient (Wildman–Crippen LogP) is 2.64. The van der Waals surface area contributed by atoms with Gasteiger partial charge in [-0.25, -0.2) is 0 Å². The lowest BCUT2D eigenvalue weighted by atomic mass is 10.1. The molecule has 1 unspecified atom stereocenters. The number of hydrogen-bond donors (Lipinski definition) is 0. The number of alkyl halides is 1. The van der Waals surface area contributed by atoms with Crippen LogP contribution in [0.25, 0.3) is 0 Å². The molecule has 1 fully saturated rings. The van der Waals surface area contributed by atoms with Gasteiger partial charge in [-0.3, -0.25) is 4.79 Å². The standard InChI is InChI=1S/C13H13BrN2O/c14-12-2-1-9-16(13(12)17)11-5-3-10(4-6-11)7-8-15/h3-6,12H,1-2,7,9H2. The zero-order valence-electron chi connectivity index (χ0n) is 9.40. The molecule has 3 nitrogen and oxygen atoms in total. The minimum atomic E-state index is -0.0602. The molecule has 1 aliphatic heterocycles. The molecule has 17 heavy (non-hydrogen) atoms. The fourth-order valence-corrected chi connectivity index (χ4v) is 2.54. The summed E-state index contributed by atoms with van der Waals surface area (Å²) in [6.07, 6.45) is 2.33. The maximum absolute atomic E-state index is 12.0. The molecule has 2 rings (SSSR count). The molecule has 1 aromatic carbocycles. The molecule has 0 N–H and O–H groups in total. The second kappa shape index (κ2) is 5.33. The molecule has 1 atom stereocenters. The van der Waals surface area contributed by atoms with Gasteiger partial charge < -0.3 is 4.90 Å². The Hall–Kier alpha value is -1.34. The normalized spacial score (nSPS) is 20.1. The van der Waals surface area contributed by atoms with E-state index in [9.17, 15) is 4.79 Å². The maximum Gasteiger partial charge on any atom is 0.240 e. The number of amides is 1. The Balaban J connectivity index is 2.17. The van der Waals surface area contributed by atoms with E-state index in [0.717, 1.165) is 30.6 Å². The molecule has 0 radical (unpaired) electrons. The van der Waals surface area contributed by atoms with Crippen LogP contribution < -0.4 is 4.90 Å². The van der Waals surface area contributed by atoms with Gasteiger partial charge in [0.1, 0.15) is 0 Å². The first-order valence-electron chi connectivity index (χ1n) is 5.63. The number of piperidine rings is 1. The average molecular weight is 293 g/mol. The van der Waals surface area contributed by atoms with Gasteiger partial charge in [0, 0.05) is 12.2 Å². The van der Waals surface area contributed by atoms with Crippen molar-refractivity contribution in [1.29, 1.82) is 5.26 Å². The van der Waals surface area contributed by atoms with Crippen molar-refractivity contribution in [3.8, 4) is 6.07 Å². The molecule has 0 aromatic heterocycles. The highest BCUT2D eigenvalue weighted by Gasteiger charge is 2.27. The van der Waals surface area contributed by atoms with Crippen LogP contribution in [-0.4, -0.2) is 17.3 Å². The zero-order chi connectivity index (χ0) is 12.3. The molecule has 4 heteroatoms. The van der Waals surface area contributed by atoms with E-state index in [1.807, 2.05) is 24.3 Å². The van der Waals surface area contributed by atoms with Crippen molar-refractivity contribution in [2.75, 3.05) is 11.4 Å².